The van der Waals surface area contributed by atoms with Gasteiger partial charge >= 0.3 is 5.97 Å². The van der Waals surface area contributed by atoms with Crippen LogP contribution in [0.1, 0.15) is 20.8 Å². The number of rotatable bonds is 3. The van der Waals surface area contributed by atoms with E-state index in [9.17, 15) is 13.2 Å². The van der Waals surface area contributed by atoms with Gasteiger partial charge in [0.2, 0.25) is 4.11 Å². The quantitative estimate of drug-likeness (QED) is 0.334. The minimum atomic E-state index is -3.76. The van der Waals surface area contributed by atoms with E-state index in [0.717, 1.165) is 0 Å². The summed E-state index contributed by atoms with van der Waals surface area (Å²) in [7, 11) is -2.59. The molecule has 0 N–H and O–H groups in total. The molecule has 1 unspecified atom stereocenters. The van der Waals surface area contributed by atoms with Crippen LogP contribution in [-0.2, 0) is 23.8 Å². The fraction of sp³-hybridized carbons (Fsp3) is 0.857. The maximum Gasteiger partial charge on any atom is 0.346 e. The summed E-state index contributed by atoms with van der Waals surface area (Å²) >= 11 is 1.56. The zero-order valence-electron chi connectivity index (χ0n) is 8.40. The van der Waals surface area contributed by atoms with E-state index in [1.165, 1.54) is 27.9 Å². The Morgan fingerprint density at radius 1 is 1.36 bits per heavy atom. The molecule has 7 heteroatoms. The third-order valence-electron chi connectivity index (χ3n) is 1.35. The molecule has 0 aromatic heterocycles. The summed E-state index contributed by atoms with van der Waals surface area (Å²) in [5.41, 5.74) is 0. The van der Waals surface area contributed by atoms with E-state index in [1.807, 2.05) is 0 Å². The van der Waals surface area contributed by atoms with Crippen molar-refractivity contribution in [3.63, 3.8) is 0 Å². The van der Waals surface area contributed by atoms with Crippen LogP contribution in [0.25, 0.3) is 0 Å². The Balaban J connectivity index is 4.63. The number of halogens is 1. The maximum absolute atomic E-state index is 11.4. The van der Waals surface area contributed by atoms with Gasteiger partial charge in [0.1, 0.15) is 0 Å². The second kappa shape index (κ2) is 4.75. The molecule has 0 bridgehead atoms. The molecule has 0 spiro atoms. The van der Waals surface area contributed by atoms with Gasteiger partial charge in [-0.2, -0.15) is 8.42 Å². The minimum absolute atomic E-state index is 0.724. The summed E-state index contributed by atoms with van der Waals surface area (Å²) in [5.74, 6) is -0.724. The van der Waals surface area contributed by atoms with Crippen molar-refractivity contribution in [3.05, 3.63) is 0 Å². The summed E-state index contributed by atoms with van der Waals surface area (Å²) in [4.78, 5) is 10.9. The smallest absolute Gasteiger partial charge is 0.346 e. The molecular weight excluding hydrogens is 323 g/mol. The lowest BCUT2D eigenvalue weighted by molar-refractivity contribution is -0.143. The van der Waals surface area contributed by atoms with Crippen LogP contribution >= 0.6 is 22.6 Å². The largest absolute Gasteiger partial charge is 0.466 e. The summed E-state index contributed by atoms with van der Waals surface area (Å²) < 4.78 is 29.7. The van der Waals surface area contributed by atoms with Gasteiger partial charge < -0.3 is 4.74 Å². The van der Waals surface area contributed by atoms with Gasteiger partial charge in [0.15, 0.2) is 0 Å². The van der Waals surface area contributed by atoms with Crippen molar-refractivity contribution in [1.29, 1.82) is 0 Å². The molecule has 0 saturated carbocycles. The van der Waals surface area contributed by atoms with Gasteiger partial charge in [0, 0.05) is 0 Å². The average Bonchev–Trinajstić information content (AvgIpc) is 2.00. The topological polar surface area (TPSA) is 69.7 Å². The molecule has 0 heterocycles. The molecule has 84 valence electrons. The fourth-order valence-electron chi connectivity index (χ4n) is 0.387. The van der Waals surface area contributed by atoms with E-state index < -0.39 is 24.9 Å². The first kappa shape index (κ1) is 14.1. The van der Waals surface area contributed by atoms with Crippen LogP contribution in [0.15, 0.2) is 0 Å². The highest BCUT2D eigenvalue weighted by molar-refractivity contribution is 14.1. The molecule has 0 aliphatic heterocycles. The molecule has 0 rings (SSSR count). The second-order valence-corrected chi connectivity index (χ2v) is 6.96. The maximum atomic E-state index is 11.4. The Hall–Kier alpha value is 0.110. The van der Waals surface area contributed by atoms with Crippen LogP contribution in [-0.4, -0.2) is 30.4 Å². The number of carbonyl (C=O) groups excluding carboxylic acids is 1. The molecule has 5 nitrogen and oxygen atoms in total. The lowest BCUT2D eigenvalue weighted by atomic mass is 10.3. The van der Waals surface area contributed by atoms with Gasteiger partial charge in [-0.15, -0.1) is 0 Å². The Morgan fingerprint density at radius 3 is 2.07 bits per heavy atom. The van der Waals surface area contributed by atoms with Crippen molar-refractivity contribution in [3.8, 4) is 0 Å². The van der Waals surface area contributed by atoms with Crippen molar-refractivity contribution in [1.82, 2.24) is 0 Å². The SMILES string of the molecule is COC(=O)C(I)OS(=O)(=O)C(C)(C)C. The Bertz CT molecular complexity index is 303. The van der Waals surface area contributed by atoms with Gasteiger partial charge in [0.25, 0.3) is 10.1 Å². The van der Waals surface area contributed by atoms with Crippen LogP contribution in [0.2, 0.25) is 0 Å². The highest BCUT2D eigenvalue weighted by Crippen LogP contribution is 2.21. The van der Waals surface area contributed by atoms with Crippen molar-refractivity contribution < 1.29 is 22.1 Å². The van der Waals surface area contributed by atoms with Gasteiger partial charge in [-0.25, -0.2) is 8.98 Å². The van der Waals surface area contributed by atoms with Crippen molar-refractivity contribution in [2.45, 2.75) is 29.6 Å². The number of carbonyl (C=O) groups is 1. The normalized spacial score (nSPS) is 14.9. The molecule has 0 aliphatic carbocycles. The summed E-state index contributed by atoms with van der Waals surface area (Å²) in [6.07, 6.45) is 0. The zero-order chi connectivity index (χ0) is 11.6. The molecule has 0 amide bonds. The first-order chi connectivity index (χ1) is 6.12. The molecule has 0 aromatic carbocycles. The fourth-order valence-corrected chi connectivity index (χ4v) is 2.05. The number of esters is 1. The number of alkyl halides is 1. The lowest BCUT2D eigenvalue weighted by Crippen LogP contribution is -2.34. The van der Waals surface area contributed by atoms with E-state index in [4.69, 9.17) is 0 Å². The highest BCUT2D eigenvalue weighted by atomic mass is 127. The van der Waals surface area contributed by atoms with Crippen LogP contribution in [0.5, 0.6) is 0 Å². The second-order valence-electron chi connectivity index (χ2n) is 3.50. The zero-order valence-corrected chi connectivity index (χ0v) is 11.4. The van der Waals surface area contributed by atoms with E-state index in [0.29, 0.717) is 0 Å². The van der Waals surface area contributed by atoms with Crippen LogP contribution in [0.4, 0.5) is 0 Å². The minimum Gasteiger partial charge on any atom is -0.466 e. The molecule has 0 aliphatic rings. The third-order valence-corrected chi connectivity index (χ3v) is 4.40. The van der Waals surface area contributed by atoms with E-state index >= 15 is 0 Å². The summed E-state index contributed by atoms with van der Waals surface area (Å²) in [6.45, 7) is 4.47. The lowest BCUT2D eigenvalue weighted by Gasteiger charge is -2.19. The molecule has 1 atom stereocenters. The number of methoxy groups -OCH3 is 1. The van der Waals surface area contributed by atoms with Crippen molar-refractivity contribution in [2.75, 3.05) is 7.11 Å². The Kier molecular flexibility index (Phi) is 4.79. The van der Waals surface area contributed by atoms with Crippen molar-refractivity contribution >= 4 is 38.7 Å². The van der Waals surface area contributed by atoms with Gasteiger partial charge in [0.05, 0.1) is 11.9 Å². The van der Waals surface area contributed by atoms with Gasteiger partial charge in [-0.05, 0) is 43.4 Å². The first-order valence-electron chi connectivity index (χ1n) is 3.76. The molecular formula is C7H13IO5S. The number of ether oxygens (including phenoxy) is 1. The monoisotopic (exact) mass is 336 g/mol. The average molecular weight is 336 g/mol. The van der Waals surface area contributed by atoms with E-state index in [1.54, 1.807) is 22.6 Å². The molecule has 0 aromatic rings. The number of hydrogen-bond acceptors (Lipinski definition) is 5. The van der Waals surface area contributed by atoms with E-state index in [-0.39, 0.29) is 0 Å². The van der Waals surface area contributed by atoms with Gasteiger partial charge in [-0.3, -0.25) is 0 Å². The Morgan fingerprint density at radius 2 is 1.79 bits per heavy atom. The summed E-state index contributed by atoms with van der Waals surface area (Å²) in [6, 6.07) is 0. The van der Waals surface area contributed by atoms with E-state index in [2.05, 4.69) is 8.92 Å². The molecule has 0 fully saturated rings. The first-order valence-corrected chi connectivity index (χ1v) is 6.42. The van der Waals surface area contributed by atoms with Gasteiger partial charge in [-0.1, -0.05) is 0 Å². The van der Waals surface area contributed by atoms with Crippen LogP contribution in [0.3, 0.4) is 0 Å². The van der Waals surface area contributed by atoms with Crippen LogP contribution < -0.4 is 0 Å². The van der Waals surface area contributed by atoms with Crippen LogP contribution in [0, 0.1) is 0 Å². The molecule has 14 heavy (non-hydrogen) atoms. The predicted molar refractivity (Wildman–Crippen MR) is 59.6 cm³/mol. The Labute approximate surface area is 97.4 Å². The standard InChI is InChI=1S/C7H13IO5S/c1-7(2,3)14(10,11)13-5(8)6(9)12-4/h5H,1-4H3. The highest BCUT2D eigenvalue weighted by Gasteiger charge is 2.34. The third kappa shape index (κ3) is 3.70. The van der Waals surface area contributed by atoms with Crippen molar-refractivity contribution in [2.24, 2.45) is 0 Å². The molecule has 0 radical (unpaired) electrons. The number of hydrogen-bond donors (Lipinski definition) is 0. The predicted octanol–water partition coefficient (Wildman–Crippen LogP) is 1.07. The summed E-state index contributed by atoms with van der Waals surface area (Å²) in [5, 5.41) is 0. The molecule has 0 saturated heterocycles.